The quantitative estimate of drug-likeness (QED) is 0.674. The molecule has 9 heteroatoms. The minimum absolute atomic E-state index is 0.0544. The fourth-order valence-electron chi connectivity index (χ4n) is 2.53. The van der Waals surface area contributed by atoms with Crippen LogP contribution in [-0.2, 0) is 6.54 Å². The van der Waals surface area contributed by atoms with Gasteiger partial charge in [0.2, 0.25) is 0 Å². The Balaban J connectivity index is 1.59. The first kappa shape index (κ1) is 17.2. The van der Waals surface area contributed by atoms with Gasteiger partial charge >= 0.3 is 12.4 Å². The Kier molecular flexibility index (Phi) is 4.40. The van der Waals surface area contributed by atoms with E-state index in [0.717, 1.165) is 18.6 Å². The van der Waals surface area contributed by atoms with E-state index in [9.17, 15) is 22.4 Å². The zero-order valence-electron chi connectivity index (χ0n) is 13.3. The van der Waals surface area contributed by atoms with E-state index >= 15 is 0 Å². The first-order valence-corrected chi connectivity index (χ1v) is 7.64. The third-order valence-electron chi connectivity index (χ3n) is 4.03. The minimum atomic E-state index is -4.88. The summed E-state index contributed by atoms with van der Waals surface area (Å²) in [5.74, 6) is -0.961. The van der Waals surface area contributed by atoms with Gasteiger partial charge in [-0.3, -0.25) is 0 Å². The van der Waals surface area contributed by atoms with Crippen LogP contribution in [0.15, 0.2) is 36.9 Å². The van der Waals surface area contributed by atoms with E-state index in [1.54, 1.807) is 18.7 Å². The van der Waals surface area contributed by atoms with Gasteiger partial charge in [0.15, 0.2) is 0 Å². The number of aromatic nitrogens is 2. The summed E-state index contributed by atoms with van der Waals surface area (Å²) in [5, 5.41) is 2.52. The van der Waals surface area contributed by atoms with Crippen LogP contribution in [0.5, 0.6) is 5.75 Å². The Morgan fingerprint density at radius 2 is 2.16 bits per heavy atom. The van der Waals surface area contributed by atoms with Crippen molar-refractivity contribution in [3.63, 3.8) is 0 Å². The van der Waals surface area contributed by atoms with Gasteiger partial charge in [-0.15, -0.1) is 13.2 Å². The number of hydrogen-bond acceptors (Lipinski definition) is 2. The fourth-order valence-corrected chi connectivity index (χ4v) is 2.53. The molecule has 0 bridgehead atoms. The highest BCUT2D eigenvalue weighted by molar-refractivity contribution is 5.76. The zero-order valence-corrected chi connectivity index (χ0v) is 13.3. The monoisotopic (exact) mass is 358 g/mol. The van der Waals surface area contributed by atoms with Crippen LogP contribution in [-0.4, -0.2) is 17.0 Å². The number of rotatable bonds is 4. The number of alkyl halides is 3. The lowest BCUT2D eigenvalue weighted by atomic mass is 10.2. The van der Waals surface area contributed by atoms with Crippen LogP contribution in [0, 0.1) is 11.7 Å². The number of nitrogens with one attached hydrogen (secondary N) is 1. The summed E-state index contributed by atoms with van der Waals surface area (Å²) in [5.41, 5.74) is 0.0544. The average molecular weight is 358 g/mol. The highest BCUT2D eigenvalue weighted by Crippen LogP contribution is 2.37. The summed E-state index contributed by atoms with van der Waals surface area (Å²) < 4.78 is 57.0. The number of imidazole rings is 1. The van der Waals surface area contributed by atoms with E-state index in [1.807, 2.05) is 4.57 Å². The maximum absolute atomic E-state index is 13.8. The average Bonchev–Trinajstić information content (AvgIpc) is 3.05. The molecule has 0 radical (unpaired) electrons. The summed E-state index contributed by atoms with van der Waals surface area (Å²) in [7, 11) is 0. The first-order valence-electron chi connectivity index (χ1n) is 7.64. The molecule has 3 rings (SSSR count). The number of amides is 1. The van der Waals surface area contributed by atoms with E-state index in [1.165, 1.54) is 4.57 Å². The molecule has 134 valence electrons. The van der Waals surface area contributed by atoms with E-state index in [0.29, 0.717) is 18.0 Å². The Morgan fingerprint density at radius 3 is 2.76 bits per heavy atom. The van der Waals surface area contributed by atoms with Crippen LogP contribution in [0.3, 0.4) is 0 Å². The molecule has 1 amide bonds. The maximum Gasteiger partial charge on any atom is 0.573 e. The lowest BCUT2D eigenvalue weighted by Gasteiger charge is -2.10. The number of carbonyl (C=O) groups excluding carboxylic acids is 1. The Hall–Kier alpha value is -2.58. The van der Waals surface area contributed by atoms with Gasteiger partial charge in [0.1, 0.15) is 30.0 Å². The molecular formula is C16H16F4N3O2+. The minimum Gasteiger partial charge on any atom is -0.406 e. The molecule has 2 aromatic rings. The number of halogens is 4. The molecule has 1 aliphatic carbocycles. The summed E-state index contributed by atoms with van der Waals surface area (Å²) in [6, 6.07) is 2.71. The summed E-state index contributed by atoms with van der Waals surface area (Å²) >= 11 is 0. The molecule has 1 saturated carbocycles. The molecule has 2 atom stereocenters. The van der Waals surface area contributed by atoms with Crippen molar-refractivity contribution in [3.8, 4) is 5.75 Å². The molecule has 25 heavy (non-hydrogen) atoms. The number of ether oxygens (including phenoxy) is 1. The normalized spacial score (nSPS) is 19.6. The fraction of sp³-hybridized carbons (Fsp3) is 0.375. The van der Waals surface area contributed by atoms with Gasteiger partial charge < -0.3 is 10.1 Å². The predicted molar refractivity (Wildman–Crippen MR) is 78.2 cm³/mol. The number of carbonyl (C=O) groups is 1. The number of benzene rings is 1. The molecule has 0 saturated heterocycles. The third-order valence-corrected chi connectivity index (χ3v) is 4.03. The van der Waals surface area contributed by atoms with Gasteiger partial charge in [0, 0.05) is 24.1 Å². The number of nitrogens with zero attached hydrogens (tertiary/aromatic N) is 2. The van der Waals surface area contributed by atoms with Crippen molar-refractivity contribution in [1.29, 1.82) is 0 Å². The Morgan fingerprint density at radius 1 is 1.44 bits per heavy atom. The van der Waals surface area contributed by atoms with Crippen molar-refractivity contribution >= 4 is 6.03 Å². The summed E-state index contributed by atoms with van der Waals surface area (Å²) in [6.45, 7) is 1.96. The van der Waals surface area contributed by atoms with Crippen LogP contribution in [0.1, 0.15) is 24.9 Å². The van der Waals surface area contributed by atoms with Gasteiger partial charge in [0.25, 0.3) is 6.33 Å². The number of hydrogen-bond donors (Lipinski definition) is 1. The molecule has 5 nitrogen and oxygen atoms in total. The lowest BCUT2D eigenvalue weighted by molar-refractivity contribution is -0.702. The molecule has 1 aromatic carbocycles. The summed E-state index contributed by atoms with van der Waals surface area (Å²) in [4.78, 5) is 12.1. The van der Waals surface area contributed by atoms with E-state index < -0.39 is 24.0 Å². The molecule has 1 N–H and O–H groups in total. The highest BCUT2D eigenvalue weighted by Gasteiger charge is 2.39. The largest absolute Gasteiger partial charge is 0.573 e. The van der Waals surface area contributed by atoms with Gasteiger partial charge in [-0.1, -0.05) is 13.0 Å². The molecule has 1 unspecified atom stereocenters. The van der Waals surface area contributed by atoms with Crippen LogP contribution in [0.25, 0.3) is 0 Å². The summed E-state index contributed by atoms with van der Waals surface area (Å²) in [6.07, 6.45) is 1.22. The highest BCUT2D eigenvalue weighted by atomic mass is 19.4. The molecule has 1 fully saturated rings. The van der Waals surface area contributed by atoms with Gasteiger partial charge in [-0.05, 0) is 12.5 Å². The smallest absolute Gasteiger partial charge is 0.406 e. The van der Waals surface area contributed by atoms with Crippen molar-refractivity contribution in [2.24, 2.45) is 5.92 Å². The second kappa shape index (κ2) is 6.38. The van der Waals surface area contributed by atoms with Crippen molar-refractivity contribution in [3.05, 3.63) is 48.3 Å². The van der Waals surface area contributed by atoms with Crippen LogP contribution in [0.2, 0.25) is 0 Å². The first-order chi connectivity index (χ1) is 11.7. The third kappa shape index (κ3) is 4.28. The van der Waals surface area contributed by atoms with Crippen molar-refractivity contribution in [2.75, 3.05) is 0 Å². The molecule has 1 aromatic heterocycles. The molecule has 0 aliphatic heterocycles. The van der Waals surface area contributed by atoms with Crippen LogP contribution in [0.4, 0.5) is 22.4 Å². The molecular weight excluding hydrogens is 342 g/mol. The van der Waals surface area contributed by atoms with Gasteiger partial charge in [0.05, 0.1) is 0 Å². The SMILES string of the molecule is CC1C[C@@H]1[n+]1ccn(C(=O)NCc2ccc(OC(F)(F)F)cc2F)c1. The topological polar surface area (TPSA) is 47.1 Å². The Bertz CT molecular complexity index is 788. The second-order valence-corrected chi connectivity index (χ2v) is 6.01. The predicted octanol–water partition coefficient (Wildman–Crippen LogP) is 3.15. The van der Waals surface area contributed by atoms with Crippen LogP contribution >= 0.6 is 0 Å². The van der Waals surface area contributed by atoms with Crippen molar-refractivity contribution < 1.29 is 31.7 Å². The maximum atomic E-state index is 13.8. The van der Waals surface area contributed by atoms with E-state index in [-0.39, 0.29) is 12.1 Å². The Labute approximate surface area is 140 Å². The standard InChI is InChI=1S/C16H15F4N3O2/c1-10-6-14(10)22-4-5-23(9-22)15(24)21-8-11-2-3-12(7-13(11)17)25-16(18,19)20/h2-5,7,9-10,14H,6,8H2,1H3/p+1/t10?,14-/m0/s1. The van der Waals surface area contributed by atoms with Crippen molar-refractivity contribution in [2.45, 2.75) is 32.3 Å². The molecule has 1 aliphatic rings. The van der Waals surface area contributed by atoms with E-state index in [4.69, 9.17) is 0 Å². The van der Waals surface area contributed by atoms with E-state index in [2.05, 4.69) is 17.0 Å². The molecule has 1 heterocycles. The zero-order chi connectivity index (χ0) is 18.2. The van der Waals surface area contributed by atoms with Gasteiger partial charge in [-0.25, -0.2) is 13.8 Å². The molecule has 0 spiro atoms. The lowest BCUT2D eigenvalue weighted by Crippen LogP contribution is -2.33. The van der Waals surface area contributed by atoms with Crippen LogP contribution < -0.4 is 14.6 Å². The second-order valence-electron chi connectivity index (χ2n) is 6.01. The van der Waals surface area contributed by atoms with Crippen molar-refractivity contribution in [1.82, 2.24) is 9.88 Å². The van der Waals surface area contributed by atoms with Gasteiger partial charge in [-0.2, -0.15) is 4.57 Å².